The maximum atomic E-state index is 13.3. The predicted octanol–water partition coefficient (Wildman–Crippen LogP) is 1.82. The fourth-order valence-electron chi connectivity index (χ4n) is 1.79. The summed E-state index contributed by atoms with van der Waals surface area (Å²) in [6, 6.07) is 5.05. The van der Waals surface area contributed by atoms with Crippen molar-refractivity contribution in [2.24, 2.45) is 0 Å². The Morgan fingerprint density at radius 3 is 2.71 bits per heavy atom. The lowest BCUT2D eigenvalue weighted by molar-refractivity contribution is 0.0398. The molecule has 5 heteroatoms. The van der Waals surface area contributed by atoms with Gasteiger partial charge in [-0.05, 0) is 48.8 Å². The van der Waals surface area contributed by atoms with Crippen LogP contribution in [0.5, 0.6) is 0 Å². The van der Waals surface area contributed by atoms with E-state index in [2.05, 4.69) is 4.90 Å². The third-order valence-electron chi connectivity index (χ3n) is 3.06. The van der Waals surface area contributed by atoms with Crippen LogP contribution in [-0.4, -0.2) is 48.9 Å². The van der Waals surface area contributed by atoms with Crippen molar-refractivity contribution < 1.29 is 9.18 Å². The summed E-state index contributed by atoms with van der Waals surface area (Å²) in [6.07, 6.45) is 0. The number of hydrogen-bond donors (Lipinski definition) is 0. The van der Waals surface area contributed by atoms with E-state index >= 15 is 0 Å². The van der Waals surface area contributed by atoms with E-state index in [4.69, 9.17) is 0 Å². The second-order valence-corrected chi connectivity index (χ2v) is 5.51. The number of amides is 1. The quantitative estimate of drug-likeness (QED) is 0.762. The largest absolute Gasteiger partial charge is 0.335 e. The number of likely N-dealkylation sites (N-methyl/N-ethyl adjacent to an activating group) is 1. The van der Waals surface area contributed by atoms with E-state index in [1.165, 1.54) is 6.07 Å². The molecular weight excluding hydrogens is 334 g/mol. The lowest BCUT2D eigenvalue weighted by atomic mass is 10.1. The second-order valence-electron chi connectivity index (χ2n) is 4.43. The molecule has 0 atom stereocenters. The van der Waals surface area contributed by atoms with Crippen molar-refractivity contribution in [1.29, 1.82) is 0 Å². The fourth-order valence-corrected chi connectivity index (χ4v) is 2.38. The second kappa shape index (κ2) is 4.89. The molecule has 1 saturated heterocycles. The minimum absolute atomic E-state index is 0.0769. The fraction of sp³-hybridized carbons (Fsp3) is 0.417. The summed E-state index contributed by atoms with van der Waals surface area (Å²) in [5.41, 5.74) is 0.461. The maximum absolute atomic E-state index is 13.3. The van der Waals surface area contributed by atoms with Crippen LogP contribution < -0.4 is 0 Å². The molecule has 17 heavy (non-hydrogen) atoms. The lowest BCUT2D eigenvalue weighted by Gasteiger charge is -2.42. The predicted molar refractivity (Wildman–Crippen MR) is 72.5 cm³/mol. The molecule has 0 N–H and O–H groups in total. The SMILES string of the molecule is CN(C)C1CN(C(=O)c2cccc(F)c2I)C1. The molecule has 1 heterocycles. The molecule has 0 unspecified atom stereocenters. The molecule has 1 amide bonds. The first-order valence-electron chi connectivity index (χ1n) is 5.40. The van der Waals surface area contributed by atoms with Gasteiger partial charge in [0, 0.05) is 19.1 Å². The average Bonchev–Trinajstić information content (AvgIpc) is 2.19. The first kappa shape index (κ1) is 12.8. The Kier molecular flexibility index (Phi) is 3.67. The van der Waals surface area contributed by atoms with Crippen LogP contribution in [0.3, 0.4) is 0 Å². The molecule has 0 radical (unpaired) electrons. The van der Waals surface area contributed by atoms with E-state index in [1.54, 1.807) is 17.0 Å². The number of nitrogens with zero attached hydrogens (tertiary/aromatic N) is 2. The Balaban J connectivity index is 2.09. The number of benzene rings is 1. The highest BCUT2D eigenvalue weighted by molar-refractivity contribution is 14.1. The van der Waals surface area contributed by atoms with Crippen LogP contribution >= 0.6 is 22.6 Å². The van der Waals surface area contributed by atoms with Crippen molar-refractivity contribution in [3.05, 3.63) is 33.1 Å². The molecule has 92 valence electrons. The summed E-state index contributed by atoms with van der Waals surface area (Å²) >= 11 is 1.88. The van der Waals surface area contributed by atoms with Gasteiger partial charge in [-0.2, -0.15) is 0 Å². The van der Waals surface area contributed by atoms with Crippen molar-refractivity contribution in [3.63, 3.8) is 0 Å². The molecule has 0 spiro atoms. The number of halogens is 2. The van der Waals surface area contributed by atoms with Gasteiger partial charge in [-0.3, -0.25) is 4.79 Å². The van der Waals surface area contributed by atoms with Crippen LogP contribution in [0, 0.1) is 9.39 Å². The minimum atomic E-state index is -0.332. The molecule has 3 nitrogen and oxygen atoms in total. The number of rotatable bonds is 2. The normalized spacial score (nSPS) is 16.2. The lowest BCUT2D eigenvalue weighted by Crippen LogP contribution is -2.59. The van der Waals surface area contributed by atoms with Gasteiger partial charge in [-0.1, -0.05) is 6.07 Å². The summed E-state index contributed by atoms with van der Waals surface area (Å²) in [7, 11) is 4.00. The highest BCUT2D eigenvalue weighted by Crippen LogP contribution is 2.21. The first-order valence-corrected chi connectivity index (χ1v) is 6.48. The Labute approximate surface area is 114 Å². The molecule has 1 aliphatic rings. The molecule has 1 fully saturated rings. The van der Waals surface area contributed by atoms with Gasteiger partial charge in [0.25, 0.3) is 5.91 Å². The summed E-state index contributed by atoms with van der Waals surface area (Å²) in [5, 5.41) is 0. The Morgan fingerprint density at radius 1 is 1.47 bits per heavy atom. The van der Waals surface area contributed by atoms with Crippen molar-refractivity contribution in [3.8, 4) is 0 Å². The van der Waals surface area contributed by atoms with Gasteiger partial charge in [0.15, 0.2) is 0 Å². The monoisotopic (exact) mass is 348 g/mol. The maximum Gasteiger partial charge on any atom is 0.255 e. The van der Waals surface area contributed by atoms with Gasteiger partial charge in [0.05, 0.1) is 9.13 Å². The molecule has 1 aromatic carbocycles. The van der Waals surface area contributed by atoms with Gasteiger partial charge in [-0.15, -0.1) is 0 Å². The molecule has 1 aliphatic heterocycles. The third-order valence-corrected chi connectivity index (χ3v) is 4.16. The van der Waals surface area contributed by atoms with Crippen LogP contribution in [0.4, 0.5) is 4.39 Å². The van der Waals surface area contributed by atoms with Crippen LogP contribution in [0.2, 0.25) is 0 Å². The van der Waals surface area contributed by atoms with Crippen LogP contribution in [-0.2, 0) is 0 Å². The summed E-state index contributed by atoms with van der Waals surface area (Å²) in [6.45, 7) is 1.44. The highest BCUT2D eigenvalue weighted by atomic mass is 127. The van der Waals surface area contributed by atoms with Crippen molar-refractivity contribution in [2.45, 2.75) is 6.04 Å². The Hall–Kier alpha value is -0.690. The average molecular weight is 348 g/mol. The van der Waals surface area contributed by atoms with Crippen molar-refractivity contribution in [2.75, 3.05) is 27.2 Å². The van der Waals surface area contributed by atoms with E-state index in [1.807, 2.05) is 36.7 Å². The zero-order valence-electron chi connectivity index (χ0n) is 9.78. The van der Waals surface area contributed by atoms with Crippen molar-refractivity contribution in [1.82, 2.24) is 9.80 Å². The molecule has 0 bridgehead atoms. The summed E-state index contributed by atoms with van der Waals surface area (Å²) in [4.78, 5) is 16.0. The Bertz CT molecular complexity index is 444. The van der Waals surface area contributed by atoms with Gasteiger partial charge in [0.2, 0.25) is 0 Å². The van der Waals surface area contributed by atoms with Gasteiger partial charge in [-0.25, -0.2) is 4.39 Å². The van der Waals surface area contributed by atoms with E-state index < -0.39 is 0 Å². The zero-order chi connectivity index (χ0) is 12.6. The summed E-state index contributed by atoms with van der Waals surface area (Å²) in [5.74, 6) is -0.409. The van der Waals surface area contributed by atoms with Gasteiger partial charge >= 0.3 is 0 Å². The first-order chi connectivity index (χ1) is 8.00. The molecule has 1 aromatic rings. The van der Waals surface area contributed by atoms with Crippen LogP contribution in [0.1, 0.15) is 10.4 Å². The number of likely N-dealkylation sites (tertiary alicyclic amines) is 1. The van der Waals surface area contributed by atoms with E-state index in [0.29, 0.717) is 15.2 Å². The van der Waals surface area contributed by atoms with Gasteiger partial charge in [0.1, 0.15) is 5.82 Å². The van der Waals surface area contributed by atoms with Crippen molar-refractivity contribution >= 4 is 28.5 Å². The number of hydrogen-bond acceptors (Lipinski definition) is 2. The molecule has 2 rings (SSSR count). The van der Waals surface area contributed by atoms with Crippen LogP contribution in [0.15, 0.2) is 18.2 Å². The molecule has 0 aliphatic carbocycles. The summed E-state index contributed by atoms with van der Waals surface area (Å²) < 4.78 is 13.7. The zero-order valence-corrected chi connectivity index (χ0v) is 11.9. The minimum Gasteiger partial charge on any atom is -0.335 e. The van der Waals surface area contributed by atoms with E-state index in [9.17, 15) is 9.18 Å². The molecule has 0 aromatic heterocycles. The number of carbonyl (C=O) groups excluding carboxylic acids is 1. The highest BCUT2D eigenvalue weighted by Gasteiger charge is 2.33. The van der Waals surface area contributed by atoms with Gasteiger partial charge < -0.3 is 9.80 Å². The number of carbonyl (C=O) groups is 1. The molecular formula is C12H14FIN2O. The van der Waals surface area contributed by atoms with E-state index in [-0.39, 0.29) is 11.7 Å². The van der Waals surface area contributed by atoms with Crippen LogP contribution in [0.25, 0.3) is 0 Å². The Morgan fingerprint density at radius 2 is 2.12 bits per heavy atom. The molecule has 0 saturated carbocycles. The smallest absolute Gasteiger partial charge is 0.255 e. The van der Waals surface area contributed by atoms with E-state index in [0.717, 1.165) is 13.1 Å². The topological polar surface area (TPSA) is 23.6 Å². The third kappa shape index (κ3) is 2.44. The standard InChI is InChI=1S/C12H14FIN2O/c1-15(2)8-6-16(7-8)12(17)9-4-3-5-10(13)11(9)14/h3-5,8H,6-7H2,1-2H3.